The fourth-order valence-electron chi connectivity index (χ4n) is 2.84. The highest BCUT2D eigenvalue weighted by Gasteiger charge is 2.15. The molecule has 0 aliphatic carbocycles. The summed E-state index contributed by atoms with van der Waals surface area (Å²) in [6, 6.07) is 12.0. The molecule has 4 heteroatoms. The molecule has 2 heterocycles. The number of fused-ring (bicyclic) bond motifs is 1. The second-order valence-corrected chi connectivity index (χ2v) is 5.36. The second-order valence-electron chi connectivity index (χ2n) is 5.36. The van der Waals surface area contributed by atoms with Crippen molar-refractivity contribution in [3.63, 3.8) is 0 Å². The number of rotatable bonds is 3. The van der Waals surface area contributed by atoms with E-state index >= 15 is 0 Å². The largest absolute Gasteiger partial charge is 0.477 e. The first kappa shape index (κ1) is 13.6. The molecule has 0 spiro atoms. The van der Waals surface area contributed by atoms with Crippen LogP contribution >= 0.6 is 0 Å². The van der Waals surface area contributed by atoms with E-state index in [4.69, 9.17) is 5.11 Å². The third-order valence-corrected chi connectivity index (χ3v) is 3.87. The Hall–Kier alpha value is -2.36. The molecular formula is C17H18N2O2. The summed E-state index contributed by atoms with van der Waals surface area (Å²) < 4.78 is 0. The smallest absolute Gasteiger partial charge is 0.354 e. The van der Waals surface area contributed by atoms with Crippen molar-refractivity contribution in [3.8, 4) is 0 Å². The summed E-state index contributed by atoms with van der Waals surface area (Å²) in [5.41, 5.74) is 3.74. The Labute approximate surface area is 124 Å². The normalized spacial score (nSPS) is 14.4. The maximum atomic E-state index is 11.0. The molecule has 0 unspecified atom stereocenters. The molecule has 1 aliphatic heterocycles. The van der Waals surface area contributed by atoms with Gasteiger partial charge in [0.2, 0.25) is 0 Å². The van der Waals surface area contributed by atoms with E-state index in [1.807, 2.05) is 6.07 Å². The summed E-state index contributed by atoms with van der Waals surface area (Å²) in [5, 5.41) is 9.04. The average Bonchev–Trinajstić information content (AvgIpc) is 2.70. The number of carboxylic acid groups (broad SMARTS) is 1. The minimum Gasteiger partial charge on any atom is -0.477 e. The van der Waals surface area contributed by atoms with E-state index < -0.39 is 5.97 Å². The van der Waals surface area contributed by atoms with Crippen LogP contribution in [0.25, 0.3) is 0 Å². The summed E-state index contributed by atoms with van der Waals surface area (Å²) >= 11 is 0. The highest BCUT2D eigenvalue weighted by molar-refractivity contribution is 5.85. The number of carboxylic acids is 1. The van der Waals surface area contributed by atoms with Gasteiger partial charge in [-0.05, 0) is 48.6 Å². The van der Waals surface area contributed by atoms with Gasteiger partial charge in [0.25, 0.3) is 0 Å². The summed E-state index contributed by atoms with van der Waals surface area (Å²) in [5.74, 6) is -0.979. The molecule has 108 valence electrons. The molecule has 0 amide bonds. The Balaban J connectivity index is 1.87. The number of anilines is 1. The number of carbonyl (C=O) groups is 1. The molecule has 2 aromatic rings. The summed E-state index contributed by atoms with van der Waals surface area (Å²) in [6.07, 6.45) is 5.04. The number of pyridine rings is 1. The summed E-state index contributed by atoms with van der Waals surface area (Å²) in [4.78, 5) is 17.2. The van der Waals surface area contributed by atoms with Crippen LogP contribution < -0.4 is 4.90 Å². The molecule has 21 heavy (non-hydrogen) atoms. The Kier molecular flexibility index (Phi) is 3.86. The molecule has 0 fully saturated rings. The molecule has 0 saturated carbocycles. The number of para-hydroxylation sites is 1. The molecule has 1 aromatic carbocycles. The zero-order chi connectivity index (χ0) is 14.7. The van der Waals surface area contributed by atoms with Crippen molar-refractivity contribution in [1.82, 2.24) is 4.98 Å². The number of nitrogens with zero attached hydrogens (tertiary/aromatic N) is 2. The van der Waals surface area contributed by atoms with E-state index in [0.29, 0.717) is 0 Å². The van der Waals surface area contributed by atoms with Crippen molar-refractivity contribution in [2.24, 2.45) is 0 Å². The van der Waals surface area contributed by atoms with Crippen molar-refractivity contribution in [2.75, 3.05) is 11.4 Å². The quantitative estimate of drug-likeness (QED) is 0.939. The molecule has 0 radical (unpaired) electrons. The lowest BCUT2D eigenvalue weighted by molar-refractivity contribution is 0.0690. The first-order valence-electron chi connectivity index (χ1n) is 7.25. The molecule has 0 saturated heterocycles. The predicted molar refractivity (Wildman–Crippen MR) is 81.6 cm³/mol. The molecule has 3 rings (SSSR count). The Morgan fingerprint density at radius 3 is 2.95 bits per heavy atom. The van der Waals surface area contributed by atoms with Gasteiger partial charge in [-0.2, -0.15) is 0 Å². The monoisotopic (exact) mass is 282 g/mol. The minimum atomic E-state index is -0.979. The zero-order valence-electron chi connectivity index (χ0n) is 11.8. The molecule has 1 aromatic heterocycles. The lowest BCUT2D eigenvalue weighted by atomic mass is 10.1. The van der Waals surface area contributed by atoms with E-state index in [1.54, 1.807) is 12.3 Å². The number of benzene rings is 1. The molecule has 4 nitrogen and oxygen atoms in total. The predicted octanol–water partition coefficient (Wildman–Crippen LogP) is 3.12. The van der Waals surface area contributed by atoms with Crippen LogP contribution in [0.4, 0.5) is 5.69 Å². The molecule has 1 N–H and O–H groups in total. The maximum Gasteiger partial charge on any atom is 0.354 e. The lowest BCUT2D eigenvalue weighted by Gasteiger charge is -2.25. The van der Waals surface area contributed by atoms with Gasteiger partial charge in [0.1, 0.15) is 5.69 Å². The number of aromatic carboxylic acids is 1. The average molecular weight is 282 g/mol. The van der Waals surface area contributed by atoms with Crippen molar-refractivity contribution in [2.45, 2.75) is 25.8 Å². The van der Waals surface area contributed by atoms with Gasteiger partial charge in [0, 0.05) is 25.0 Å². The first-order valence-corrected chi connectivity index (χ1v) is 7.25. The van der Waals surface area contributed by atoms with Crippen molar-refractivity contribution in [3.05, 3.63) is 59.4 Å². The zero-order valence-corrected chi connectivity index (χ0v) is 11.8. The summed E-state index contributed by atoms with van der Waals surface area (Å²) in [7, 11) is 0. The fourth-order valence-corrected chi connectivity index (χ4v) is 2.84. The van der Waals surface area contributed by atoms with E-state index in [9.17, 15) is 4.79 Å². The lowest BCUT2D eigenvalue weighted by Crippen LogP contribution is -2.23. The van der Waals surface area contributed by atoms with Gasteiger partial charge < -0.3 is 10.0 Å². The van der Waals surface area contributed by atoms with Gasteiger partial charge in [-0.3, -0.25) is 0 Å². The van der Waals surface area contributed by atoms with Crippen LogP contribution in [-0.2, 0) is 13.0 Å². The molecule has 0 bridgehead atoms. The van der Waals surface area contributed by atoms with Gasteiger partial charge in [-0.15, -0.1) is 0 Å². The van der Waals surface area contributed by atoms with Gasteiger partial charge in [-0.25, -0.2) is 9.78 Å². The van der Waals surface area contributed by atoms with Crippen LogP contribution in [0.15, 0.2) is 42.6 Å². The topological polar surface area (TPSA) is 53.4 Å². The molecule has 1 aliphatic rings. The van der Waals surface area contributed by atoms with E-state index in [2.05, 4.69) is 34.1 Å². The third kappa shape index (κ3) is 3.05. The van der Waals surface area contributed by atoms with Gasteiger partial charge in [0.05, 0.1) is 0 Å². The van der Waals surface area contributed by atoms with Crippen molar-refractivity contribution < 1.29 is 9.90 Å². The number of hydrogen-bond acceptors (Lipinski definition) is 3. The Morgan fingerprint density at radius 1 is 1.24 bits per heavy atom. The minimum absolute atomic E-state index is 0.107. The Morgan fingerprint density at radius 2 is 2.10 bits per heavy atom. The molecular weight excluding hydrogens is 264 g/mol. The van der Waals surface area contributed by atoms with Crippen LogP contribution in [0.2, 0.25) is 0 Å². The van der Waals surface area contributed by atoms with E-state index in [-0.39, 0.29) is 5.69 Å². The van der Waals surface area contributed by atoms with Gasteiger partial charge >= 0.3 is 5.97 Å². The second kappa shape index (κ2) is 5.95. The van der Waals surface area contributed by atoms with Gasteiger partial charge in [-0.1, -0.05) is 18.2 Å². The number of aryl methyl sites for hydroxylation is 1. The SMILES string of the molecule is O=C(O)c1cc(CN2CCCCc3ccccc32)ccn1. The van der Waals surface area contributed by atoms with Crippen LogP contribution in [0, 0.1) is 0 Å². The first-order chi connectivity index (χ1) is 10.2. The summed E-state index contributed by atoms with van der Waals surface area (Å²) in [6.45, 7) is 1.72. The number of hydrogen-bond donors (Lipinski definition) is 1. The van der Waals surface area contributed by atoms with Gasteiger partial charge in [0.15, 0.2) is 0 Å². The Bertz CT molecular complexity index is 655. The fraction of sp³-hybridized carbons (Fsp3) is 0.294. The van der Waals surface area contributed by atoms with Crippen LogP contribution in [0.3, 0.4) is 0 Å². The van der Waals surface area contributed by atoms with E-state index in [1.165, 1.54) is 17.7 Å². The highest BCUT2D eigenvalue weighted by atomic mass is 16.4. The van der Waals surface area contributed by atoms with Crippen LogP contribution in [0.1, 0.15) is 34.5 Å². The van der Waals surface area contributed by atoms with E-state index in [0.717, 1.165) is 31.5 Å². The van der Waals surface area contributed by atoms with Crippen molar-refractivity contribution in [1.29, 1.82) is 0 Å². The highest BCUT2D eigenvalue weighted by Crippen LogP contribution is 2.27. The number of aromatic nitrogens is 1. The van der Waals surface area contributed by atoms with Crippen LogP contribution in [-0.4, -0.2) is 22.6 Å². The van der Waals surface area contributed by atoms with Crippen molar-refractivity contribution >= 4 is 11.7 Å². The third-order valence-electron chi connectivity index (χ3n) is 3.87. The van der Waals surface area contributed by atoms with Crippen LogP contribution in [0.5, 0.6) is 0 Å². The molecule has 0 atom stereocenters. The maximum absolute atomic E-state index is 11.0. The standard InChI is InChI=1S/C17H18N2O2/c20-17(21)15-11-13(8-9-18-15)12-19-10-4-3-6-14-5-1-2-7-16(14)19/h1-2,5,7-9,11H,3-4,6,10,12H2,(H,20,21).